The number of methoxy groups -OCH3 is 1. The highest BCUT2D eigenvalue weighted by Gasteiger charge is 2.50. The number of hydrogen-bond donors (Lipinski definition) is 0. The Kier molecular flexibility index (Phi) is 5.97. The molecule has 0 atom stereocenters. The molecule has 0 aliphatic rings. The first-order valence-corrected chi connectivity index (χ1v) is 10.1. The summed E-state index contributed by atoms with van der Waals surface area (Å²) in [6.45, 7) is 7.02. The van der Waals surface area contributed by atoms with Crippen molar-refractivity contribution in [3.05, 3.63) is 60.7 Å². The molecule has 0 aromatic heterocycles. The van der Waals surface area contributed by atoms with E-state index in [1.807, 2.05) is 12.1 Å². The van der Waals surface area contributed by atoms with Gasteiger partial charge in [-0.2, -0.15) is 0 Å². The third kappa shape index (κ3) is 3.76. The topological polar surface area (TPSA) is 35.5 Å². The van der Waals surface area contributed by atoms with Crippen molar-refractivity contribution < 1.29 is 14.0 Å². The smallest absolute Gasteiger partial charge is 0.307 e. The molecule has 0 saturated heterocycles. The molecule has 0 unspecified atom stereocenters. The molecule has 2 aromatic carbocycles. The molecule has 0 heterocycles. The summed E-state index contributed by atoms with van der Waals surface area (Å²) in [5.41, 5.74) is 0. The predicted molar refractivity (Wildman–Crippen MR) is 100 cm³/mol. The number of carbonyl (C=O) groups excluding carboxylic acids is 1. The van der Waals surface area contributed by atoms with Crippen LogP contribution in [0.1, 0.15) is 27.2 Å². The van der Waals surface area contributed by atoms with Gasteiger partial charge in [-0.25, -0.2) is 0 Å². The maximum atomic E-state index is 11.5. The highest BCUT2D eigenvalue weighted by atomic mass is 28.4. The molecule has 0 fully saturated rings. The van der Waals surface area contributed by atoms with Crippen LogP contribution in [0, 0.1) is 0 Å². The van der Waals surface area contributed by atoms with Gasteiger partial charge in [0.25, 0.3) is 8.32 Å². The van der Waals surface area contributed by atoms with E-state index >= 15 is 0 Å². The molecule has 0 spiro atoms. The van der Waals surface area contributed by atoms with E-state index in [9.17, 15) is 4.79 Å². The Hall–Kier alpha value is -1.91. The van der Waals surface area contributed by atoms with Crippen LogP contribution in [0.2, 0.25) is 5.04 Å². The fourth-order valence-corrected chi connectivity index (χ4v) is 7.71. The van der Waals surface area contributed by atoms with Crippen molar-refractivity contribution in [2.24, 2.45) is 0 Å². The van der Waals surface area contributed by atoms with Crippen LogP contribution in [0.25, 0.3) is 0 Å². The predicted octanol–water partition coefficient (Wildman–Crippen LogP) is 3.13. The van der Waals surface area contributed by atoms with Crippen molar-refractivity contribution >= 4 is 24.7 Å². The third-order valence-corrected chi connectivity index (χ3v) is 9.31. The van der Waals surface area contributed by atoms with Crippen molar-refractivity contribution in [3.63, 3.8) is 0 Å². The van der Waals surface area contributed by atoms with Crippen LogP contribution in [-0.4, -0.2) is 28.0 Å². The third-order valence-electron chi connectivity index (χ3n) is 4.27. The summed E-state index contributed by atoms with van der Waals surface area (Å²) in [5, 5.41) is 2.35. The van der Waals surface area contributed by atoms with Gasteiger partial charge in [-0.3, -0.25) is 4.79 Å². The Morgan fingerprint density at radius 1 is 0.917 bits per heavy atom. The molecular weight excluding hydrogens is 316 g/mol. The highest BCUT2D eigenvalue weighted by molar-refractivity contribution is 6.99. The summed E-state index contributed by atoms with van der Waals surface area (Å²) in [4.78, 5) is 11.5. The maximum absolute atomic E-state index is 11.5. The second-order valence-electron chi connectivity index (χ2n) is 6.84. The second kappa shape index (κ2) is 7.77. The summed E-state index contributed by atoms with van der Waals surface area (Å²) in [6, 6.07) is 20.8. The number of carbonyl (C=O) groups is 1. The van der Waals surface area contributed by atoms with Gasteiger partial charge in [0.15, 0.2) is 0 Å². The standard InChI is InChI=1S/C20H26O3Si/c1-20(2,3)24(17-11-7-5-8-12-17,18-13-9-6-10-14-18)23-16-15-19(21)22-4/h5-14H,15-16H2,1-4H3. The minimum absolute atomic E-state index is 0.0776. The normalized spacial score (nSPS) is 12.0. The molecule has 0 aliphatic carbocycles. The van der Waals surface area contributed by atoms with E-state index in [0.29, 0.717) is 6.61 Å². The quantitative estimate of drug-likeness (QED) is 0.598. The highest BCUT2D eigenvalue weighted by Crippen LogP contribution is 2.36. The summed E-state index contributed by atoms with van der Waals surface area (Å²) in [7, 11) is -1.13. The van der Waals surface area contributed by atoms with E-state index < -0.39 is 8.32 Å². The molecule has 2 rings (SSSR count). The monoisotopic (exact) mass is 342 g/mol. The lowest BCUT2D eigenvalue weighted by molar-refractivity contribution is -0.141. The minimum Gasteiger partial charge on any atom is -0.469 e. The van der Waals surface area contributed by atoms with E-state index in [1.165, 1.54) is 17.5 Å². The SMILES string of the molecule is COC(=O)CCO[Si](c1ccccc1)(c1ccccc1)C(C)(C)C. The van der Waals surface area contributed by atoms with Gasteiger partial charge in [0, 0.05) is 6.61 Å². The first kappa shape index (κ1) is 18.4. The van der Waals surface area contributed by atoms with Crippen LogP contribution < -0.4 is 10.4 Å². The Morgan fingerprint density at radius 3 is 1.75 bits per heavy atom. The van der Waals surface area contributed by atoms with Gasteiger partial charge in [-0.1, -0.05) is 81.4 Å². The number of hydrogen-bond acceptors (Lipinski definition) is 3. The van der Waals surface area contributed by atoms with Gasteiger partial charge >= 0.3 is 5.97 Å². The first-order valence-electron chi connectivity index (χ1n) is 8.23. The Morgan fingerprint density at radius 2 is 1.38 bits per heavy atom. The zero-order chi connectivity index (χ0) is 17.6. The van der Waals surface area contributed by atoms with Gasteiger partial charge in [0.2, 0.25) is 0 Å². The van der Waals surface area contributed by atoms with Crippen LogP contribution in [0.5, 0.6) is 0 Å². The van der Waals surface area contributed by atoms with Crippen molar-refractivity contribution in [1.29, 1.82) is 0 Å². The second-order valence-corrected chi connectivity index (χ2v) is 11.1. The van der Waals surface area contributed by atoms with E-state index in [-0.39, 0.29) is 17.4 Å². The molecule has 4 heteroatoms. The lowest BCUT2D eigenvalue weighted by atomic mass is 10.2. The van der Waals surface area contributed by atoms with Crippen molar-refractivity contribution in [2.75, 3.05) is 13.7 Å². The summed E-state index contributed by atoms with van der Waals surface area (Å²) in [6.07, 6.45) is 0.265. The van der Waals surface area contributed by atoms with Gasteiger partial charge in [0.1, 0.15) is 0 Å². The number of rotatable bonds is 6. The number of ether oxygens (including phenoxy) is 1. The Labute approximate surface area is 145 Å². The molecule has 0 amide bonds. The molecule has 0 radical (unpaired) electrons. The Balaban J connectivity index is 2.51. The molecule has 0 N–H and O–H groups in total. The van der Waals surface area contributed by atoms with Crippen molar-refractivity contribution in [2.45, 2.75) is 32.2 Å². The van der Waals surface area contributed by atoms with Crippen molar-refractivity contribution in [3.8, 4) is 0 Å². The summed E-state index contributed by atoms with van der Waals surface area (Å²) >= 11 is 0. The van der Waals surface area contributed by atoms with Gasteiger partial charge in [-0.05, 0) is 15.4 Å². The van der Waals surface area contributed by atoms with Crippen LogP contribution in [-0.2, 0) is 14.0 Å². The van der Waals surface area contributed by atoms with E-state index in [0.717, 1.165) is 0 Å². The van der Waals surface area contributed by atoms with Crippen LogP contribution >= 0.6 is 0 Å². The van der Waals surface area contributed by atoms with Crippen molar-refractivity contribution in [1.82, 2.24) is 0 Å². The van der Waals surface area contributed by atoms with Gasteiger partial charge in [-0.15, -0.1) is 0 Å². The number of esters is 1. The zero-order valence-electron chi connectivity index (χ0n) is 14.9. The molecule has 2 aromatic rings. The maximum Gasteiger partial charge on any atom is 0.307 e. The molecule has 0 bridgehead atoms. The minimum atomic E-state index is -2.54. The Bertz CT molecular complexity index is 608. The van der Waals surface area contributed by atoms with E-state index in [2.05, 4.69) is 69.3 Å². The average molecular weight is 343 g/mol. The van der Waals surface area contributed by atoms with Gasteiger partial charge in [0.05, 0.1) is 13.5 Å². The van der Waals surface area contributed by atoms with Crippen LogP contribution in [0.4, 0.5) is 0 Å². The van der Waals surface area contributed by atoms with Crippen LogP contribution in [0.15, 0.2) is 60.7 Å². The zero-order valence-corrected chi connectivity index (χ0v) is 15.9. The lowest BCUT2D eigenvalue weighted by Gasteiger charge is -2.43. The molecule has 24 heavy (non-hydrogen) atoms. The largest absolute Gasteiger partial charge is 0.469 e. The molecule has 3 nitrogen and oxygen atoms in total. The fourth-order valence-electron chi connectivity index (χ4n) is 3.15. The van der Waals surface area contributed by atoms with Gasteiger partial charge < -0.3 is 9.16 Å². The van der Waals surface area contributed by atoms with E-state index in [1.54, 1.807) is 0 Å². The van der Waals surface area contributed by atoms with Crippen LogP contribution in [0.3, 0.4) is 0 Å². The molecule has 0 aliphatic heterocycles. The molecule has 128 valence electrons. The number of benzene rings is 2. The lowest BCUT2D eigenvalue weighted by Crippen LogP contribution is -2.66. The first-order chi connectivity index (χ1) is 11.4. The fraction of sp³-hybridized carbons (Fsp3) is 0.350. The van der Waals surface area contributed by atoms with E-state index in [4.69, 9.17) is 9.16 Å². The molecule has 0 saturated carbocycles. The average Bonchev–Trinajstić information content (AvgIpc) is 2.59. The summed E-state index contributed by atoms with van der Waals surface area (Å²) < 4.78 is 11.3. The molecular formula is C20H26O3Si. The summed E-state index contributed by atoms with van der Waals surface area (Å²) in [5.74, 6) is -0.243.